The second-order valence-corrected chi connectivity index (χ2v) is 6.16. The number of nitro benzene ring substituents is 1. The van der Waals surface area contributed by atoms with Crippen LogP contribution in [0.2, 0.25) is 0 Å². The van der Waals surface area contributed by atoms with Crippen LogP contribution in [0, 0.1) is 10.1 Å². The van der Waals surface area contributed by atoms with Gasteiger partial charge in [-0.3, -0.25) is 20.1 Å². The Labute approximate surface area is 132 Å². The van der Waals surface area contributed by atoms with E-state index in [1.165, 1.54) is 17.8 Å². The third-order valence-electron chi connectivity index (χ3n) is 2.79. The van der Waals surface area contributed by atoms with Gasteiger partial charge in [0.25, 0.3) is 5.69 Å². The van der Waals surface area contributed by atoms with Crippen LogP contribution in [0.15, 0.2) is 63.1 Å². The standard InChI is InChI=1S/C14H8BrN3O2S/c15-9-7-10-14(17-8-9)13(5-6-16-10)21-12-4-2-1-3-11(12)18(19)20/h1-8H. The van der Waals surface area contributed by atoms with Crippen molar-refractivity contribution < 1.29 is 4.92 Å². The molecule has 21 heavy (non-hydrogen) atoms. The molecule has 0 saturated heterocycles. The van der Waals surface area contributed by atoms with Crippen LogP contribution >= 0.6 is 27.7 Å². The van der Waals surface area contributed by atoms with E-state index in [4.69, 9.17) is 0 Å². The number of benzene rings is 1. The zero-order chi connectivity index (χ0) is 14.8. The number of hydrogen-bond donors (Lipinski definition) is 0. The second-order valence-electron chi connectivity index (χ2n) is 4.16. The summed E-state index contributed by atoms with van der Waals surface area (Å²) in [6, 6.07) is 10.3. The first-order chi connectivity index (χ1) is 10.1. The van der Waals surface area contributed by atoms with E-state index in [1.807, 2.05) is 12.1 Å². The smallest absolute Gasteiger partial charge is 0.258 e. The topological polar surface area (TPSA) is 68.9 Å². The Morgan fingerprint density at radius 3 is 2.76 bits per heavy atom. The Hall–Kier alpha value is -1.99. The Bertz CT molecular complexity index is 841. The van der Waals surface area contributed by atoms with Crippen LogP contribution in [-0.4, -0.2) is 14.9 Å². The third kappa shape index (κ3) is 2.88. The lowest BCUT2D eigenvalue weighted by Crippen LogP contribution is -1.91. The fraction of sp³-hybridized carbons (Fsp3) is 0. The molecule has 0 fully saturated rings. The third-order valence-corrected chi connectivity index (χ3v) is 4.34. The molecule has 3 aromatic rings. The molecule has 1 aromatic carbocycles. The van der Waals surface area contributed by atoms with Crippen LogP contribution in [0.1, 0.15) is 0 Å². The van der Waals surface area contributed by atoms with E-state index in [-0.39, 0.29) is 10.6 Å². The molecule has 0 radical (unpaired) electrons. The van der Waals surface area contributed by atoms with E-state index >= 15 is 0 Å². The molecule has 0 aliphatic carbocycles. The van der Waals surface area contributed by atoms with E-state index in [2.05, 4.69) is 25.9 Å². The number of fused-ring (bicyclic) bond motifs is 1. The first kappa shape index (κ1) is 14.0. The number of nitrogens with zero attached hydrogens (tertiary/aromatic N) is 3. The second kappa shape index (κ2) is 5.79. The molecule has 7 heteroatoms. The molecule has 0 aliphatic rings. The van der Waals surface area contributed by atoms with Crippen LogP contribution < -0.4 is 0 Å². The maximum Gasteiger partial charge on any atom is 0.283 e. The highest BCUT2D eigenvalue weighted by Gasteiger charge is 2.15. The maximum absolute atomic E-state index is 11.1. The monoisotopic (exact) mass is 361 g/mol. The van der Waals surface area contributed by atoms with Gasteiger partial charge in [-0.05, 0) is 34.1 Å². The molecular weight excluding hydrogens is 354 g/mol. The molecular formula is C14H8BrN3O2S. The van der Waals surface area contributed by atoms with Crippen LogP contribution in [0.4, 0.5) is 5.69 Å². The van der Waals surface area contributed by atoms with Gasteiger partial charge < -0.3 is 0 Å². The van der Waals surface area contributed by atoms with Crippen LogP contribution in [0.5, 0.6) is 0 Å². The average molecular weight is 362 g/mol. The molecule has 0 unspecified atom stereocenters. The summed E-state index contributed by atoms with van der Waals surface area (Å²) in [4.78, 5) is 20.7. The molecule has 0 aliphatic heterocycles. The molecule has 5 nitrogen and oxygen atoms in total. The van der Waals surface area contributed by atoms with E-state index < -0.39 is 0 Å². The normalized spacial score (nSPS) is 10.7. The Balaban J connectivity index is 2.09. The Morgan fingerprint density at radius 2 is 1.95 bits per heavy atom. The number of nitro groups is 1. The number of rotatable bonds is 3. The number of pyridine rings is 2. The summed E-state index contributed by atoms with van der Waals surface area (Å²) in [6.45, 7) is 0. The lowest BCUT2D eigenvalue weighted by atomic mass is 10.3. The lowest BCUT2D eigenvalue weighted by molar-refractivity contribution is -0.387. The average Bonchev–Trinajstić information content (AvgIpc) is 2.47. The van der Waals surface area contributed by atoms with Crippen molar-refractivity contribution in [1.82, 2.24) is 9.97 Å². The fourth-order valence-electron chi connectivity index (χ4n) is 1.88. The van der Waals surface area contributed by atoms with E-state index in [1.54, 1.807) is 30.6 Å². The quantitative estimate of drug-likeness (QED) is 0.509. The molecule has 0 bridgehead atoms. The van der Waals surface area contributed by atoms with Crippen molar-refractivity contribution in [2.45, 2.75) is 9.79 Å². The summed E-state index contributed by atoms with van der Waals surface area (Å²) >= 11 is 4.67. The van der Waals surface area contributed by atoms with Crippen molar-refractivity contribution in [3.63, 3.8) is 0 Å². The van der Waals surface area contributed by atoms with Crippen LogP contribution in [0.3, 0.4) is 0 Å². The number of hydrogen-bond acceptors (Lipinski definition) is 5. The number of para-hydroxylation sites is 1. The van der Waals surface area contributed by atoms with Gasteiger partial charge in [0.15, 0.2) is 0 Å². The van der Waals surface area contributed by atoms with Gasteiger partial charge in [-0.15, -0.1) is 0 Å². The molecule has 0 atom stereocenters. The summed E-state index contributed by atoms with van der Waals surface area (Å²) in [5, 5.41) is 11.1. The van der Waals surface area contributed by atoms with Gasteiger partial charge in [0.2, 0.25) is 0 Å². The van der Waals surface area contributed by atoms with E-state index in [9.17, 15) is 10.1 Å². The molecule has 0 saturated carbocycles. The molecule has 0 N–H and O–H groups in total. The zero-order valence-corrected chi connectivity index (χ0v) is 13.0. The number of halogens is 1. The number of aromatic nitrogens is 2. The first-order valence-electron chi connectivity index (χ1n) is 5.96. The maximum atomic E-state index is 11.1. The summed E-state index contributed by atoms with van der Waals surface area (Å²) in [7, 11) is 0. The Kier molecular flexibility index (Phi) is 3.85. The molecule has 104 valence electrons. The van der Waals surface area contributed by atoms with Crippen molar-refractivity contribution in [1.29, 1.82) is 0 Å². The lowest BCUT2D eigenvalue weighted by Gasteiger charge is -2.05. The minimum absolute atomic E-state index is 0.0876. The van der Waals surface area contributed by atoms with Gasteiger partial charge in [0.05, 0.1) is 15.3 Å². The summed E-state index contributed by atoms with van der Waals surface area (Å²) in [5.41, 5.74) is 1.56. The van der Waals surface area contributed by atoms with Gasteiger partial charge in [0.1, 0.15) is 5.52 Å². The van der Waals surface area contributed by atoms with Gasteiger partial charge in [-0.25, -0.2) is 0 Å². The van der Waals surface area contributed by atoms with Crippen molar-refractivity contribution >= 4 is 44.4 Å². The van der Waals surface area contributed by atoms with E-state index in [0.29, 0.717) is 4.90 Å². The minimum Gasteiger partial charge on any atom is -0.258 e. The molecule has 2 heterocycles. The SMILES string of the molecule is O=[N+]([O-])c1ccccc1Sc1ccnc2cc(Br)cnc12. The van der Waals surface area contributed by atoms with Gasteiger partial charge >= 0.3 is 0 Å². The van der Waals surface area contributed by atoms with Gasteiger partial charge in [-0.1, -0.05) is 23.9 Å². The van der Waals surface area contributed by atoms with Crippen molar-refractivity contribution in [2.24, 2.45) is 0 Å². The molecule has 3 rings (SSSR count). The first-order valence-corrected chi connectivity index (χ1v) is 7.57. The predicted octanol–water partition coefficient (Wildman–Crippen LogP) is 4.45. The zero-order valence-electron chi connectivity index (χ0n) is 10.6. The van der Waals surface area contributed by atoms with Crippen LogP contribution in [-0.2, 0) is 0 Å². The highest BCUT2D eigenvalue weighted by atomic mass is 79.9. The van der Waals surface area contributed by atoms with Crippen LogP contribution in [0.25, 0.3) is 11.0 Å². The van der Waals surface area contributed by atoms with Crippen molar-refractivity contribution in [3.8, 4) is 0 Å². The molecule has 0 spiro atoms. The van der Waals surface area contributed by atoms with Gasteiger partial charge in [0, 0.05) is 27.8 Å². The summed E-state index contributed by atoms with van der Waals surface area (Å²) in [5.74, 6) is 0. The summed E-state index contributed by atoms with van der Waals surface area (Å²) in [6.07, 6.45) is 3.36. The van der Waals surface area contributed by atoms with Crippen molar-refractivity contribution in [3.05, 3.63) is 63.4 Å². The molecule has 2 aromatic heterocycles. The predicted molar refractivity (Wildman–Crippen MR) is 84.5 cm³/mol. The highest BCUT2D eigenvalue weighted by Crippen LogP contribution is 2.37. The van der Waals surface area contributed by atoms with Crippen molar-refractivity contribution in [2.75, 3.05) is 0 Å². The minimum atomic E-state index is -0.379. The fourth-order valence-corrected chi connectivity index (χ4v) is 3.21. The highest BCUT2D eigenvalue weighted by molar-refractivity contribution is 9.10. The molecule has 0 amide bonds. The van der Waals surface area contributed by atoms with Gasteiger partial charge in [-0.2, -0.15) is 0 Å². The summed E-state index contributed by atoms with van der Waals surface area (Å²) < 4.78 is 0.843. The largest absolute Gasteiger partial charge is 0.283 e. The van der Waals surface area contributed by atoms with E-state index in [0.717, 1.165) is 20.4 Å². The Morgan fingerprint density at radius 1 is 1.14 bits per heavy atom.